The first-order chi connectivity index (χ1) is 6.54. The average Bonchev–Trinajstić information content (AvgIpc) is 2.16. The summed E-state index contributed by atoms with van der Waals surface area (Å²) >= 11 is 0. The molecule has 4 heteroatoms. The zero-order valence-electron chi connectivity index (χ0n) is 9.06. The van der Waals surface area contributed by atoms with Gasteiger partial charge in [0.15, 0.2) is 0 Å². The van der Waals surface area contributed by atoms with Crippen molar-refractivity contribution in [1.29, 1.82) is 0 Å². The Bertz CT molecular complexity index is 206. The van der Waals surface area contributed by atoms with Crippen LogP contribution in [0.25, 0.3) is 0 Å². The van der Waals surface area contributed by atoms with E-state index in [2.05, 4.69) is 18.7 Å². The summed E-state index contributed by atoms with van der Waals surface area (Å²) in [5.41, 5.74) is 0. The van der Waals surface area contributed by atoms with E-state index in [0.717, 1.165) is 6.54 Å². The van der Waals surface area contributed by atoms with Gasteiger partial charge in [0, 0.05) is 18.6 Å². The minimum absolute atomic E-state index is 0.0150. The van der Waals surface area contributed by atoms with E-state index in [9.17, 15) is 4.79 Å². The molecule has 1 aliphatic rings. The number of hydrogen-bond acceptors (Lipinski definition) is 3. The third-order valence-electron chi connectivity index (χ3n) is 2.84. The third-order valence-corrected chi connectivity index (χ3v) is 2.84. The molecule has 82 valence electrons. The lowest BCUT2D eigenvalue weighted by Crippen LogP contribution is -2.53. The topological polar surface area (TPSA) is 49.8 Å². The van der Waals surface area contributed by atoms with Crippen LogP contribution in [-0.2, 0) is 9.53 Å². The van der Waals surface area contributed by atoms with Crippen molar-refractivity contribution in [3.8, 4) is 0 Å². The van der Waals surface area contributed by atoms with Gasteiger partial charge < -0.3 is 9.84 Å². The van der Waals surface area contributed by atoms with Gasteiger partial charge >= 0.3 is 5.97 Å². The minimum Gasteiger partial charge on any atom is -0.481 e. The number of ether oxygens (including phenoxy) is 1. The second-order valence-electron chi connectivity index (χ2n) is 4.10. The molecular weight excluding hydrogens is 182 g/mol. The Labute approximate surface area is 84.8 Å². The van der Waals surface area contributed by atoms with Gasteiger partial charge in [-0.25, -0.2) is 0 Å². The van der Waals surface area contributed by atoms with Crippen molar-refractivity contribution in [2.45, 2.75) is 32.9 Å². The Morgan fingerprint density at radius 2 is 2.14 bits per heavy atom. The van der Waals surface area contributed by atoms with Crippen LogP contribution >= 0.6 is 0 Å². The highest BCUT2D eigenvalue weighted by molar-refractivity contribution is 5.70. The van der Waals surface area contributed by atoms with Gasteiger partial charge in [-0.1, -0.05) is 6.92 Å². The van der Waals surface area contributed by atoms with Crippen LogP contribution in [0.1, 0.15) is 20.8 Å². The summed E-state index contributed by atoms with van der Waals surface area (Å²) in [6.07, 6.45) is 0. The highest BCUT2D eigenvalue weighted by atomic mass is 16.5. The van der Waals surface area contributed by atoms with Crippen molar-refractivity contribution in [3.63, 3.8) is 0 Å². The molecule has 0 aliphatic carbocycles. The largest absolute Gasteiger partial charge is 0.481 e. The van der Waals surface area contributed by atoms with Gasteiger partial charge in [0.25, 0.3) is 0 Å². The van der Waals surface area contributed by atoms with Crippen LogP contribution in [-0.4, -0.2) is 47.8 Å². The number of carboxylic acids is 1. The van der Waals surface area contributed by atoms with Crippen LogP contribution in [0.5, 0.6) is 0 Å². The summed E-state index contributed by atoms with van der Waals surface area (Å²) < 4.78 is 5.33. The number of rotatable bonds is 3. The van der Waals surface area contributed by atoms with Crippen LogP contribution in [0.3, 0.4) is 0 Å². The molecule has 0 radical (unpaired) electrons. The number of nitrogens with zero attached hydrogens (tertiary/aromatic N) is 1. The lowest BCUT2D eigenvalue weighted by Gasteiger charge is -2.40. The van der Waals surface area contributed by atoms with Gasteiger partial charge in [-0.05, 0) is 13.8 Å². The second-order valence-corrected chi connectivity index (χ2v) is 4.10. The van der Waals surface area contributed by atoms with E-state index >= 15 is 0 Å². The highest BCUT2D eigenvalue weighted by Gasteiger charge is 2.33. The van der Waals surface area contributed by atoms with E-state index in [1.807, 2.05) is 0 Å². The molecule has 0 aromatic heterocycles. The number of aliphatic carboxylic acids is 1. The Morgan fingerprint density at radius 3 is 2.64 bits per heavy atom. The molecule has 14 heavy (non-hydrogen) atoms. The Balaban J connectivity index is 2.67. The first-order valence-electron chi connectivity index (χ1n) is 5.10. The predicted octanol–water partition coefficient (Wildman–Crippen LogP) is 0.816. The van der Waals surface area contributed by atoms with Crippen LogP contribution in [0, 0.1) is 5.92 Å². The van der Waals surface area contributed by atoms with E-state index < -0.39 is 5.97 Å². The van der Waals surface area contributed by atoms with Crippen LogP contribution in [0.4, 0.5) is 0 Å². The van der Waals surface area contributed by atoms with E-state index in [1.54, 1.807) is 6.92 Å². The molecule has 4 nitrogen and oxygen atoms in total. The minimum atomic E-state index is -0.744. The fourth-order valence-corrected chi connectivity index (χ4v) is 1.87. The average molecular weight is 201 g/mol. The molecule has 1 rings (SSSR count). The fraction of sp³-hybridized carbons (Fsp3) is 0.900. The molecule has 1 aliphatic heterocycles. The number of carboxylic acid groups (broad SMARTS) is 1. The summed E-state index contributed by atoms with van der Waals surface area (Å²) in [4.78, 5) is 13.1. The van der Waals surface area contributed by atoms with Crippen molar-refractivity contribution in [3.05, 3.63) is 0 Å². The number of hydrogen-bond donors (Lipinski definition) is 1. The van der Waals surface area contributed by atoms with E-state index in [-0.39, 0.29) is 12.0 Å². The standard InChI is InChI=1S/C10H19NO3/c1-7(2)11-4-5-14-6-9(11)8(3)10(12)13/h7-9H,4-6H2,1-3H3,(H,12,13). The van der Waals surface area contributed by atoms with Crippen molar-refractivity contribution >= 4 is 5.97 Å². The van der Waals surface area contributed by atoms with Crippen LogP contribution < -0.4 is 0 Å². The molecule has 1 saturated heterocycles. The smallest absolute Gasteiger partial charge is 0.307 e. The van der Waals surface area contributed by atoms with E-state index in [1.165, 1.54) is 0 Å². The molecule has 0 aromatic carbocycles. The SMILES string of the molecule is CC(C(=O)O)C1COCCN1C(C)C. The second kappa shape index (κ2) is 4.75. The first-order valence-corrected chi connectivity index (χ1v) is 5.10. The maximum Gasteiger partial charge on any atom is 0.307 e. The zero-order chi connectivity index (χ0) is 10.7. The Morgan fingerprint density at radius 1 is 1.50 bits per heavy atom. The monoisotopic (exact) mass is 201 g/mol. The third kappa shape index (κ3) is 2.45. The molecule has 1 fully saturated rings. The van der Waals surface area contributed by atoms with Gasteiger partial charge in [-0.15, -0.1) is 0 Å². The molecule has 0 saturated carbocycles. The summed E-state index contributed by atoms with van der Waals surface area (Å²) in [6.45, 7) is 8.00. The predicted molar refractivity (Wildman–Crippen MR) is 53.2 cm³/mol. The normalized spacial score (nSPS) is 26.4. The molecule has 1 N–H and O–H groups in total. The number of morpholine rings is 1. The summed E-state index contributed by atoms with van der Waals surface area (Å²) in [7, 11) is 0. The summed E-state index contributed by atoms with van der Waals surface area (Å²) in [5, 5.41) is 8.95. The Hall–Kier alpha value is -0.610. The van der Waals surface area contributed by atoms with Crippen molar-refractivity contribution in [1.82, 2.24) is 4.90 Å². The summed E-state index contributed by atoms with van der Waals surface area (Å²) in [5.74, 6) is -1.11. The highest BCUT2D eigenvalue weighted by Crippen LogP contribution is 2.18. The maximum atomic E-state index is 10.9. The molecule has 0 aromatic rings. The molecule has 2 atom stereocenters. The zero-order valence-corrected chi connectivity index (χ0v) is 9.06. The van der Waals surface area contributed by atoms with Gasteiger partial charge in [-0.3, -0.25) is 9.69 Å². The summed E-state index contributed by atoms with van der Waals surface area (Å²) in [6, 6.07) is 0.395. The van der Waals surface area contributed by atoms with Gasteiger partial charge in [0.1, 0.15) is 0 Å². The number of carbonyl (C=O) groups is 1. The molecule has 2 unspecified atom stereocenters. The van der Waals surface area contributed by atoms with E-state index in [4.69, 9.17) is 9.84 Å². The van der Waals surface area contributed by atoms with Gasteiger partial charge in [0.2, 0.25) is 0 Å². The molecular formula is C10H19NO3. The molecule has 0 amide bonds. The lowest BCUT2D eigenvalue weighted by atomic mass is 9.99. The molecule has 0 bridgehead atoms. The molecule has 1 heterocycles. The van der Waals surface area contributed by atoms with Gasteiger partial charge in [0.05, 0.1) is 19.1 Å². The first kappa shape index (κ1) is 11.5. The molecule has 0 spiro atoms. The maximum absolute atomic E-state index is 10.9. The fourth-order valence-electron chi connectivity index (χ4n) is 1.87. The van der Waals surface area contributed by atoms with Crippen molar-refractivity contribution in [2.24, 2.45) is 5.92 Å². The van der Waals surface area contributed by atoms with Crippen molar-refractivity contribution in [2.75, 3.05) is 19.8 Å². The van der Waals surface area contributed by atoms with Crippen molar-refractivity contribution < 1.29 is 14.6 Å². The quantitative estimate of drug-likeness (QED) is 0.734. The van der Waals surface area contributed by atoms with Gasteiger partial charge in [-0.2, -0.15) is 0 Å². The van der Waals surface area contributed by atoms with Crippen LogP contribution in [0.15, 0.2) is 0 Å². The lowest BCUT2D eigenvalue weighted by molar-refractivity contribution is -0.147. The van der Waals surface area contributed by atoms with Crippen LogP contribution in [0.2, 0.25) is 0 Å². The van der Waals surface area contributed by atoms with E-state index in [0.29, 0.717) is 19.3 Å². The Kier molecular flexibility index (Phi) is 3.89.